The molecule has 7 nitrogen and oxygen atoms in total. The van der Waals surface area contributed by atoms with Gasteiger partial charge in [0.15, 0.2) is 0 Å². The van der Waals surface area contributed by atoms with Crippen LogP contribution in [0.3, 0.4) is 0 Å². The number of ether oxygens (including phenoxy) is 2. The summed E-state index contributed by atoms with van der Waals surface area (Å²) in [6.07, 6.45) is 3.03. The van der Waals surface area contributed by atoms with E-state index >= 15 is 0 Å². The third-order valence-corrected chi connectivity index (χ3v) is 5.36. The minimum Gasteiger partial charge on any atom is -0.494 e. The van der Waals surface area contributed by atoms with Gasteiger partial charge >= 0.3 is 0 Å². The van der Waals surface area contributed by atoms with Gasteiger partial charge in [0.05, 0.1) is 43.4 Å². The van der Waals surface area contributed by atoms with Crippen molar-refractivity contribution in [2.75, 3.05) is 20.2 Å². The number of rotatable bonds is 3. The van der Waals surface area contributed by atoms with Crippen LogP contribution < -0.4 is 4.74 Å². The van der Waals surface area contributed by atoms with E-state index in [1.165, 1.54) is 0 Å². The highest BCUT2D eigenvalue weighted by Gasteiger charge is 2.36. The van der Waals surface area contributed by atoms with E-state index in [2.05, 4.69) is 33.4 Å². The third-order valence-electron chi connectivity index (χ3n) is 5.36. The second-order valence-corrected chi connectivity index (χ2v) is 6.95. The molecule has 2 aliphatic heterocycles. The van der Waals surface area contributed by atoms with E-state index in [0.717, 1.165) is 54.1 Å². The minimum atomic E-state index is 0.227. The lowest BCUT2D eigenvalue weighted by molar-refractivity contribution is -0.0671. The fourth-order valence-corrected chi connectivity index (χ4v) is 4.03. The first kappa shape index (κ1) is 15.7. The fraction of sp³-hybridized carbons (Fsp3) is 0.421. The van der Waals surface area contributed by atoms with Gasteiger partial charge in [-0.15, -0.1) is 5.10 Å². The van der Waals surface area contributed by atoms with Crippen LogP contribution in [0.5, 0.6) is 5.75 Å². The minimum absolute atomic E-state index is 0.227. The van der Waals surface area contributed by atoms with Gasteiger partial charge in [0.2, 0.25) is 0 Å². The lowest BCUT2D eigenvalue weighted by Crippen LogP contribution is -2.47. The molecule has 1 fully saturated rings. The number of benzene rings is 1. The Kier molecular flexibility index (Phi) is 3.83. The highest BCUT2D eigenvalue weighted by atomic mass is 16.5. The lowest BCUT2D eigenvalue weighted by Gasteiger charge is -2.40. The van der Waals surface area contributed by atoms with Crippen LogP contribution in [-0.2, 0) is 17.9 Å². The van der Waals surface area contributed by atoms with Gasteiger partial charge in [-0.1, -0.05) is 23.4 Å². The standard InChI is InChI=1S/C19H21N5O2/c1-25-18-4-2-3-13-5-6-14(21-19(13)18)10-23-8-7-17-16(11-23)24-15(12-26-17)9-20-22-24/h2-6,9,16-17H,7-8,10-12H2,1H3. The molecule has 0 spiro atoms. The molecule has 0 amide bonds. The van der Waals surface area contributed by atoms with Crippen molar-refractivity contribution in [1.29, 1.82) is 0 Å². The largest absolute Gasteiger partial charge is 0.494 e. The van der Waals surface area contributed by atoms with Crippen molar-refractivity contribution in [3.63, 3.8) is 0 Å². The van der Waals surface area contributed by atoms with Crippen molar-refractivity contribution < 1.29 is 9.47 Å². The van der Waals surface area contributed by atoms with Crippen molar-refractivity contribution in [2.45, 2.75) is 31.7 Å². The summed E-state index contributed by atoms with van der Waals surface area (Å²) in [4.78, 5) is 7.27. The molecule has 1 saturated heterocycles. The van der Waals surface area contributed by atoms with Crippen molar-refractivity contribution in [1.82, 2.24) is 24.9 Å². The molecule has 3 aromatic rings. The highest BCUT2D eigenvalue weighted by molar-refractivity contribution is 5.84. The van der Waals surface area contributed by atoms with E-state index in [4.69, 9.17) is 14.5 Å². The van der Waals surface area contributed by atoms with Crippen LogP contribution in [0.15, 0.2) is 36.5 Å². The molecule has 2 atom stereocenters. The first-order chi connectivity index (χ1) is 12.8. The number of fused-ring (bicyclic) bond motifs is 4. The Balaban J connectivity index is 1.38. The van der Waals surface area contributed by atoms with E-state index in [0.29, 0.717) is 6.61 Å². The smallest absolute Gasteiger partial charge is 0.145 e. The molecule has 2 aromatic heterocycles. The average molecular weight is 351 g/mol. The van der Waals surface area contributed by atoms with E-state index in [1.807, 2.05) is 16.8 Å². The topological polar surface area (TPSA) is 65.3 Å². The van der Waals surface area contributed by atoms with Crippen LogP contribution in [0.2, 0.25) is 0 Å². The molecule has 5 rings (SSSR count). The Morgan fingerprint density at radius 1 is 1.27 bits per heavy atom. The third kappa shape index (κ3) is 2.64. The summed E-state index contributed by atoms with van der Waals surface area (Å²) < 4.78 is 13.5. The van der Waals surface area contributed by atoms with Crippen LogP contribution in [0.25, 0.3) is 10.9 Å². The summed E-state index contributed by atoms with van der Waals surface area (Å²) in [6.45, 7) is 3.31. The quantitative estimate of drug-likeness (QED) is 0.721. The molecule has 2 aliphatic rings. The molecule has 0 N–H and O–H groups in total. The summed E-state index contributed by atoms with van der Waals surface area (Å²) in [6, 6.07) is 10.5. The number of para-hydroxylation sites is 1. The number of pyridine rings is 1. The van der Waals surface area contributed by atoms with Gasteiger partial charge in [-0.05, 0) is 18.6 Å². The monoisotopic (exact) mass is 351 g/mol. The lowest BCUT2D eigenvalue weighted by atomic mass is 10.00. The molecule has 2 unspecified atom stereocenters. The number of hydrogen-bond donors (Lipinski definition) is 0. The Morgan fingerprint density at radius 3 is 3.15 bits per heavy atom. The number of likely N-dealkylation sites (tertiary alicyclic amines) is 1. The van der Waals surface area contributed by atoms with E-state index in [1.54, 1.807) is 13.3 Å². The van der Waals surface area contributed by atoms with Crippen LogP contribution in [-0.4, -0.2) is 51.2 Å². The van der Waals surface area contributed by atoms with Gasteiger partial charge in [0, 0.05) is 25.0 Å². The second kappa shape index (κ2) is 6.34. The zero-order chi connectivity index (χ0) is 17.5. The van der Waals surface area contributed by atoms with Gasteiger partial charge in [-0.3, -0.25) is 4.90 Å². The maximum absolute atomic E-state index is 5.99. The molecular formula is C19H21N5O2. The zero-order valence-electron chi connectivity index (χ0n) is 14.7. The second-order valence-electron chi connectivity index (χ2n) is 6.95. The number of nitrogens with zero attached hydrogens (tertiary/aromatic N) is 5. The predicted molar refractivity (Wildman–Crippen MR) is 95.8 cm³/mol. The van der Waals surface area contributed by atoms with Gasteiger partial charge < -0.3 is 9.47 Å². The van der Waals surface area contributed by atoms with Gasteiger partial charge in [-0.2, -0.15) is 0 Å². The van der Waals surface area contributed by atoms with E-state index in [9.17, 15) is 0 Å². The fourth-order valence-electron chi connectivity index (χ4n) is 4.03. The average Bonchev–Trinajstić information content (AvgIpc) is 3.17. The normalized spacial score (nSPS) is 22.8. The van der Waals surface area contributed by atoms with Gasteiger partial charge in [0.1, 0.15) is 11.3 Å². The Labute approximate surface area is 151 Å². The van der Waals surface area contributed by atoms with Crippen molar-refractivity contribution in [3.05, 3.63) is 47.9 Å². The summed E-state index contributed by atoms with van der Waals surface area (Å²) >= 11 is 0. The Bertz CT molecular complexity index is 941. The van der Waals surface area contributed by atoms with Crippen molar-refractivity contribution in [3.8, 4) is 5.75 Å². The SMILES string of the molecule is COc1cccc2ccc(CN3CCC4OCc5cnnn5C4C3)nc12. The van der Waals surface area contributed by atoms with Crippen LogP contribution in [0, 0.1) is 0 Å². The molecule has 0 saturated carbocycles. The van der Waals surface area contributed by atoms with E-state index in [-0.39, 0.29) is 12.1 Å². The molecule has 1 aromatic carbocycles. The molecule has 0 radical (unpaired) electrons. The summed E-state index contributed by atoms with van der Waals surface area (Å²) in [5, 5.41) is 9.42. The molecule has 7 heteroatoms. The molecular weight excluding hydrogens is 330 g/mol. The summed E-state index contributed by atoms with van der Waals surface area (Å²) in [5.74, 6) is 0.816. The first-order valence-corrected chi connectivity index (χ1v) is 8.97. The zero-order valence-corrected chi connectivity index (χ0v) is 14.7. The Hall–Kier alpha value is -2.51. The van der Waals surface area contributed by atoms with Crippen LogP contribution in [0.4, 0.5) is 0 Å². The van der Waals surface area contributed by atoms with Gasteiger partial charge in [0.25, 0.3) is 0 Å². The molecule has 0 bridgehead atoms. The molecule has 0 aliphatic carbocycles. The molecule has 4 heterocycles. The number of methoxy groups -OCH3 is 1. The highest BCUT2D eigenvalue weighted by Crippen LogP contribution is 2.31. The summed E-state index contributed by atoms with van der Waals surface area (Å²) in [7, 11) is 1.69. The number of aromatic nitrogens is 4. The number of hydrogen-bond acceptors (Lipinski definition) is 6. The summed E-state index contributed by atoms with van der Waals surface area (Å²) in [5.41, 5.74) is 3.03. The van der Waals surface area contributed by atoms with Crippen molar-refractivity contribution in [2.24, 2.45) is 0 Å². The van der Waals surface area contributed by atoms with Crippen molar-refractivity contribution >= 4 is 10.9 Å². The molecule has 134 valence electrons. The van der Waals surface area contributed by atoms with Gasteiger partial charge in [-0.25, -0.2) is 9.67 Å². The first-order valence-electron chi connectivity index (χ1n) is 8.97. The number of piperidine rings is 1. The van der Waals surface area contributed by atoms with Crippen LogP contribution >= 0.6 is 0 Å². The maximum Gasteiger partial charge on any atom is 0.145 e. The molecule has 26 heavy (non-hydrogen) atoms. The Morgan fingerprint density at radius 2 is 2.23 bits per heavy atom. The predicted octanol–water partition coefficient (Wildman–Crippen LogP) is 2.18. The van der Waals surface area contributed by atoms with E-state index < -0.39 is 0 Å². The van der Waals surface area contributed by atoms with Crippen LogP contribution in [0.1, 0.15) is 23.9 Å². The maximum atomic E-state index is 5.99.